The van der Waals surface area contributed by atoms with Crippen molar-refractivity contribution >= 4 is 21.5 Å². The van der Waals surface area contributed by atoms with Crippen molar-refractivity contribution in [3.05, 3.63) is 48.2 Å². The summed E-state index contributed by atoms with van der Waals surface area (Å²) in [4.78, 5) is 6.91. The molecule has 1 aliphatic rings. The minimum absolute atomic E-state index is 0.264. The van der Waals surface area contributed by atoms with Gasteiger partial charge in [0.2, 0.25) is 0 Å². The Hall–Kier alpha value is -2.08. The zero-order valence-electron chi connectivity index (χ0n) is 13.9. The molecule has 24 heavy (non-hydrogen) atoms. The van der Waals surface area contributed by atoms with Crippen LogP contribution in [0, 0.1) is 0 Å². The van der Waals surface area contributed by atoms with Crippen molar-refractivity contribution in [2.75, 3.05) is 22.7 Å². The number of benzene rings is 1. The summed E-state index contributed by atoms with van der Waals surface area (Å²) in [5, 5.41) is 0. The lowest BCUT2D eigenvalue weighted by Crippen LogP contribution is -2.30. The standard InChI is InChI=1S/C18H23N3O2S/c1-2-15-6-9-17(10-7-15)24(22,23)20-16-8-11-18(19-14-16)21-12-4-3-5-13-21/h6-11,14,20H,2-5,12-13H2,1H3. The molecule has 0 bridgehead atoms. The van der Waals surface area contributed by atoms with Gasteiger partial charge in [-0.1, -0.05) is 19.1 Å². The zero-order valence-corrected chi connectivity index (χ0v) is 14.7. The molecule has 1 aromatic carbocycles. The maximum atomic E-state index is 12.4. The first-order valence-corrected chi connectivity index (χ1v) is 9.89. The van der Waals surface area contributed by atoms with Gasteiger partial charge in [-0.05, 0) is 55.5 Å². The normalized spacial score (nSPS) is 15.3. The average molecular weight is 345 g/mol. The van der Waals surface area contributed by atoms with Crippen molar-refractivity contribution in [3.63, 3.8) is 0 Å². The average Bonchev–Trinajstić information content (AvgIpc) is 2.63. The van der Waals surface area contributed by atoms with E-state index in [1.807, 2.05) is 25.1 Å². The molecule has 6 heteroatoms. The molecular weight excluding hydrogens is 322 g/mol. The summed E-state index contributed by atoms with van der Waals surface area (Å²) in [6.07, 6.45) is 6.11. The molecule has 1 aliphatic heterocycles. The Morgan fingerprint density at radius 1 is 1.04 bits per heavy atom. The Balaban J connectivity index is 1.72. The van der Waals surface area contributed by atoms with Gasteiger partial charge in [0.05, 0.1) is 16.8 Å². The van der Waals surface area contributed by atoms with E-state index >= 15 is 0 Å². The predicted octanol–water partition coefficient (Wildman–Crippen LogP) is 3.44. The Kier molecular flexibility index (Phi) is 5.04. The van der Waals surface area contributed by atoms with Gasteiger partial charge in [0.1, 0.15) is 5.82 Å². The number of pyridine rings is 1. The molecule has 1 saturated heterocycles. The summed E-state index contributed by atoms with van der Waals surface area (Å²) in [6, 6.07) is 10.6. The molecular formula is C18H23N3O2S. The highest BCUT2D eigenvalue weighted by molar-refractivity contribution is 7.92. The van der Waals surface area contributed by atoms with Crippen LogP contribution in [-0.2, 0) is 16.4 Å². The summed E-state index contributed by atoms with van der Waals surface area (Å²) in [5.41, 5.74) is 1.59. The van der Waals surface area contributed by atoms with Crippen LogP contribution in [0.15, 0.2) is 47.5 Å². The maximum Gasteiger partial charge on any atom is 0.261 e. The fraction of sp³-hybridized carbons (Fsp3) is 0.389. The van der Waals surface area contributed by atoms with E-state index in [0.29, 0.717) is 5.69 Å². The lowest BCUT2D eigenvalue weighted by atomic mass is 10.1. The first-order chi connectivity index (χ1) is 11.6. The fourth-order valence-corrected chi connectivity index (χ4v) is 3.92. The number of piperidine rings is 1. The molecule has 0 radical (unpaired) electrons. The number of aromatic nitrogens is 1. The van der Waals surface area contributed by atoms with Crippen LogP contribution < -0.4 is 9.62 Å². The highest BCUT2D eigenvalue weighted by Gasteiger charge is 2.15. The molecule has 0 amide bonds. The molecule has 3 rings (SSSR count). The van der Waals surface area contributed by atoms with E-state index in [-0.39, 0.29) is 4.90 Å². The molecule has 1 fully saturated rings. The number of hydrogen-bond donors (Lipinski definition) is 1. The molecule has 2 heterocycles. The fourth-order valence-electron chi connectivity index (χ4n) is 2.87. The first-order valence-electron chi connectivity index (χ1n) is 8.41. The van der Waals surface area contributed by atoms with Gasteiger partial charge in [0.25, 0.3) is 10.0 Å². The van der Waals surface area contributed by atoms with Gasteiger partial charge in [-0.2, -0.15) is 0 Å². The molecule has 0 aliphatic carbocycles. The van der Waals surface area contributed by atoms with E-state index < -0.39 is 10.0 Å². The van der Waals surface area contributed by atoms with Gasteiger partial charge >= 0.3 is 0 Å². The lowest BCUT2D eigenvalue weighted by Gasteiger charge is -2.27. The van der Waals surface area contributed by atoms with Crippen LogP contribution in [0.2, 0.25) is 0 Å². The van der Waals surface area contributed by atoms with Crippen LogP contribution in [0.25, 0.3) is 0 Å². The van der Waals surface area contributed by atoms with Crippen LogP contribution in [0.4, 0.5) is 11.5 Å². The van der Waals surface area contributed by atoms with Crippen molar-refractivity contribution in [1.82, 2.24) is 4.98 Å². The third-order valence-electron chi connectivity index (χ3n) is 4.32. The smallest absolute Gasteiger partial charge is 0.261 e. The third kappa shape index (κ3) is 3.87. The second kappa shape index (κ2) is 7.21. The van der Waals surface area contributed by atoms with E-state index in [2.05, 4.69) is 14.6 Å². The zero-order chi connectivity index (χ0) is 17.0. The Morgan fingerprint density at radius 2 is 1.75 bits per heavy atom. The first kappa shape index (κ1) is 16.8. The Morgan fingerprint density at radius 3 is 2.33 bits per heavy atom. The van der Waals surface area contributed by atoms with Crippen LogP contribution in [0.3, 0.4) is 0 Å². The molecule has 128 valence electrons. The topological polar surface area (TPSA) is 62.3 Å². The van der Waals surface area contributed by atoms with Crippen molar-refractivity contribution < 1.29 is 8.42 Å². The van der Waals surface area contributed by atoms with Crippen molar-refractivity contribution in [1.29, 1.82) is 0 Å². The van der Waals surface area contributed by atoms with Crippen LogP contribution in [0.5, 0.6) is 0 Å². The van der Waals surface area contributed by atoms with E-state index in [1.165, 1.54) is 19.3 Å². The van der Waals surface area contributed by atoms with Crippen molar-refractivity contribution in [2.24, 2.45) is 0 Å². The number of nitrogens with one attached hydrogen (secondary N) is 1. The molecule has 2 aromatic rings. The number of sulfonamides is 1. The predicted molar refractivity (Wildman–Crippen MR) is 96.9 cm³/mol. The minimum Gasteiger partial charge on any atom is -0.357 e. The van der Waals surface area contributed by atoms with Crippen molar-refractivity contribution in [3.8, 4) is 0 Å². The monoisotopic (exact) mass is 345 g/mol. The summed E-state index contributed by atoms with van der Waals surface area (Å²) >= 11 is 0. The van der Waals surface area contributed by atoms with Gasteiger partial charge < -0.3 is 4.90 Å². The van der Waals surface area contributed by atoms with Gasteiger partial charge in [0.15, 0.2) is 0 Å². The van der Waals surface area contributed by atoms with Gasteiger partial charge in [-0.3, -0.25) is 4.72 Å². The van der Waals surface area contributed by atoms with Crippen LogP contribution >= 0.6 is 0 Å². The summed E-state index contributed by atoms with van der Waals surface area (Å²) < 4.78 is 27.5. The van der Waals surface area contributed by atoms with E-state index in [0.717, 1.165) is 30.9 Å². The second-order valence-electron chi connectivity index (χ2n) is 6.06. The number of hydrogen-bond acceptors (Lipinski definition) is 4. The molecule has 1 N–H and O–H groups in total. The largest absolute Gasteiger partial charge is 0.357 e. The summed E-state index contributed by atoms with van der Waals surface area (Å²) in [7, 11) is -3.58. The van der Waals surface area contributed by atoms with E-state index in [1.54, 1.807) is 24.4 Å². The Labute approximate surface area is 143 Å². The molecule has 5 nitrogen and oxygen atoms in total. The minimum atomic E-state index is -3.58. The highest BCUT2D eigenvalue weighted by atomic mass is 32.2. The maximum absolute atomic E-state index is 12.4. The molecule has 0 saturated carbocycles. The van der Waals surface area contributed by atoms with Crippen LogP contribution in [0.1, 0.15) is 31.7 Å². The highest BCUT2D eigenvalue weighted by Crippen LogP contribution is 2.21. The molecule has 0 unspecified atom stereocenters. The number of anilines is 2. The van der Waals surface area contributed by atoms with Crippen LogP contribution in [-0.4, -0.2) is 26.5 Å². The third-order valence-corrected chi connectivity index (χ3v) is 5.72. The van der Waals surface area contributed by atoms with E-state index in [9.17, 15) is 8.42 Å². The second-order valence-corrected chi connectivity index (χ2v) is 7.74. The van der Waals surface area contributed by atoms with Crippen molar-refractivity contribution in [2.45, 2.75) is 37.5 Å². The quantitative estimate of drug-likeness (QED) is 0.902. The molecule has 1 aromatic heterocycles. The molecule has 0 atom stereocenters. The summed E-state index contributed by atoms with van der Waals surface area (Å²) in [5.74, 6) is 0.907. The molecule has 0 spiro atoms. The summed E-state index contributed by atoms with van der Waals surface area (Å²) in [6.45, 7) is 4.07. The lowest BCUT2D eigenvalue weighted by molar-refractivity contribution is 0.573. The number of rotatable bonds is 5. The Bertz CT molecular complexity index is 765. The van der Waals surface area contributed by atoms with Gasteiger partial charge in [-0.15, -0.1) is 0 Å². The number of nitrogens with zero attached hydrogens (tertiary/aromatic N) is 2. The van der Waals surface area contributed by atoms with Gasteiger partial charge in [-0.25, -0.2) is 13.4 Å². The SMILES string of the molecule is CCc1ccc(S(=O)(=O)Nc2ccc(N3CCCCC3)nc2)cc1. The van der Waals surface area contributed by atoms with E-state index in [4.69, 9.17) is 0 Å². The number of aryl methyl sites for hydroxylation is 1. The van der Waals surface area contributed by atoms with Gasteiger partial charge in [0, 0.05) is 13.1 Å².